The topological polar surface area (TPSA) is 25.4 Å². The Morgan fingerprint density at radius 1 is 1.32 bits per heavy atom. The van der Waals surface area contributed by atoms with Gasteiger partial charge in [0.2, 0.25) is 0 Å². The number of fused-ring (bicyclic) bond motifs is 1. The van der Waals surface area contributed by atoms with Gasteiger partial charge < -0.3 is 9.64 Å². The molecule has 3 rings (SSSR count). The molecule has 1 aromatic heterocycles. The zero-order valence-electron chi connectivity index (χ0n) is 10.1. The lowest BCUT2D eigenvalue weighted by molar-refractivity contribution is 0.0703. The summed E-state index contributed by atoms with van der Waals surface area (Å²) in [4.78, 5) is 6.79. The van der Waals surface area contributed by atoms with Crippen LogP contribution in [0.5, 0.6) is 0 Å². The van der Waals surface area contributed by atoms with E-state index in [4.69, 9.17) is 17.0 Å². The number of benzene rings is 1. The summed E-state index contributed by atoms with van der Waals surface area (Å²) in [5.74, 6) is 0. The second-order valence-corrected chi connectivity index (χ2v) is 8.02. The summed E-state index contributed by atoms with van der Waals surface area (Å²) in [5.41, 5.74) is 1.06. The highest BCUT2D eigenvalue weighted by atomic mass is 33.1. The third kappa shape index (κ3) is 3.41. The van der Waals surface area contributed by atoms with Gasteiger partial charge in [0, 0.05) is 13.1 Å². The highest BCUT2D eigenvalue weighted by Crippen LogP contribution is 2.38. The molecule has 0 N–H and O–H groups in total. The minimum absolute atomic E-state index is 0.770. The van der Waals surface area contributed by atoms with Crippen molar-refractivity contribution in [3.05, 3.63) is 24.3 Å². The number of hydrogen-bond acceptors (Lipinski definition) is 6. The first-order chi connectivity index (χ1) is 9.33. The van der Waals surface area contributed by atoms with E-state index in [0.717, 1.165) is 40.5 Å². The SMILES string of the molecule is S=C(SSc1nc2ccccc2s1)N1CCOCC1. The number of nitrogens with zero attached hydrogens (tertiary/aromatic N) is 2. The summed E-state index contributed by atoms with van der Waals surface area (Å²) < 4.78 is 8.53. The number of thiazole rings is 1. The lowest BCUT2D eigenvalue weighted by Crippen LogP contribution is -2.38. The number of thiocarbonyl (C=S) groups is 1. The van der Waals surface area contributed by atoms with Crippen molar-refractivity contribution in [2.45, 2.75) is 4.34 Å². The van der Waals surface area contributed by atoms with Gasteiger partial charge in [-0.2, -0.15) is 0 Å². The van der Waals surface area contributed by atoms with Crippen LogP contribution in [0.2, 0.25) is 0 Å². The predicted molar refractivity (Wildman–Crippen MR) is 88.1 cm³/mol. The maximum Gasteiger partial charge on any atom is 0.162 e. The van der Waals surface area contributed by atoms with Gasteiger partial charge in [-0.15, -0.1) is 11.3 Å². The van der Waals surface area contributed by atoms with Crippen LogP contribution in [0.15, 0.2) is 28.6 Å². The van der Waals surface area contributed by atoms with Crippen LogP contribution >= 0.6 is 45.1 Å². The van der Waals surface area contributed by atoms with E-state index in [1.54, 1.807) is 32.9 Å². The lowest BCUT2D eigenvalue weighted by atomic mass is 10.3. The van der Waals surface area contributed by atoms with Gasteiger partial charge in [-0.05, 0) is 33.7 Å². The zero-order chi connectivity index (χ0) is 13.1. The Bertz CT molecular complexity index is 547. The molecule has 0 aliphatic carbocycles. The van der Waals surface area contributed by atoms with E-state index < -0.39 is 0 Å². The van der Waals surface area contributed by atoms with Crippen LogP contribution in [0.25, 0.3) is 10.2 Å². The Kier molecular flexibility index (Phi) is 4.60. The lowest BCUT2D eigenvalue weighted by Gasteiger charge is -2.27. The van der Waals surface area contributed by atoms with Crippen LogP contribution in [0.3, 0.4) is 0 Å². The molecule has 2 aromatic rings. The summed E-state index contributed by atoms with van der Waals surface area (Å²) in [5, 5.41) is 0. The average Bonchev–Trinajstić information content (AvgIpc) is 2.88. The molecule has 0 amide bonds. The van der Waals surface area contributed by atoms with Crippen LogP contribution in [0.4, 0.5) is 0 Å². The summed E-state index contributed by atoms with van der Waals surface area (Å²) in [6, 6.07) is 8.20. The maximum absolute atomic E-state index is 5.44. The highest BCUT2D eigenvalue weighted by molar-refractivity contribution is 8.83. The first-order valence-electron chi connectivity index (χ1n) is 5.90. The summed E-state index contributed by atoms with van der Waals surface area (Å²) in [7, 11) is 3.27. The second-order valence-electron chi connectivity index (χ2n) is 3.98. The van der Waals surface area contributed by atoms with Crippen LogP contribution in [0, 0.1) is 0 Å². The molecule has 0 saturated carbocycles. The largest absolute Gasteiger partial charge is 0.378 e. The van der Waals surface area contributed by atoms with E-state index >= 15 is 0 Å². The Hall–Kier alpha value is -0.340. The van der Waals surface area contributed by atoms with Crippen molar-refractivity contribution >= 4 is 59.7 Å². The Labute approximate surface area is 129 Å². The van der Waals surface area contributed by atoms with Crippen molar-refractivity contribution in [1.82, 2.24) is 9.88 Å². The maximum atomic E-state index is 5.44. The van der Waals surface area contributed by atoms with Gasteiger partial charge in [-0.25, -0.2) is 4.98 Å². The summed E-state index contributed by atoms with van der Waals surface area (Å²) in [6.07, 6.45) is 0. The third-order valence-electron chi connectivity index (χ3n) is 2.73. The monoisotopic (exact) mass is 328 g/mol. The molecule has 1 aromatic carbocycles. The molecule has 7 heteroatoms. The first-order valence-corrected chi connectivity index (χ1v) is 9.27. The average molecular weight is 329 g/mol. The normalized spacial score (nSPS) is 15.9. The highest BCUT2D eigenvalue weighted by Gasteiger charge is 2.15. The van der Waals surface area contributed by atoms with E-state index in [9.17, 15) is 0 Å². The molecule has 2 heterocycles. The zero-order valence-corrected chi connectivity index (χ0v) is 13.3. The van der Waals surface area contributed by atoms with Gasteiger partial charge in [0.15, 0.2) is 4.34 Å². The van der Waals surface area contributed by atoms with Gasteiger partial charge in [0.1, 0.15) is 4.32 Å². The van der Waals surface area contributed by atoms with E-state index in [2.05, 4.69) is 16.0 Å². The van der Waals surface area contributed by atoms with E-state index in [0.29, 0.717) is 0 Å². The molecule has 0 unspecified atom stereocenters. The van der Waals surface area contributed by atoms with Gasteiger partial charge >= 0.3 is 0 Å². The molecule has 1 fully saturated rings. The number of para-hydroxylation sites is 1. The molecule has 0 spiro atoms. The Balaban J connectivity index is 1.60. The molecule has 1 aliphatic heterocycles. The molecule has 1 aliphatic rings. The molecule has 3 nitrogen and oxygen atoms in total. The molecule has 0 radical (unpaired) electrons. The quantitative estimate of drug-likeness (QED) is 0.616. The van der Waals surface area contributed by atoms with Crippen LogP contribution in [-0.2, 0) is 4.74 Å². The van der Waals surface area contributed by atoms with Gasteiger partial charge in [-0.3, -0.25) is 0 Å². The number of ether oxygens (including phenoxy) is 1. The number of aromatic nitrogens is 1. The van der Waals surface area contributed by atoms with Crippen LogP contribution in [-0.4, -0.2) is 40.5 Å². The number of morpholine rings is 1. The van der Waals surface area contributed by atoms with Gasteiger partial charge in [0.05, 0.1) is 23.4 Å². The van der Waals surface area contributed by atoms with Crippen molar-refractivity contribution in [3.8, 4) is 0 Å². The standard InChI is InChI=1S/C12H12N2OS4/c16-12(14-5-7-15-8-6-14)19-18-11-13-9-3-1-2-4-10(9)17-11/h1-4H,5-8H2. The van der Waals surface area contributed by atoms with Gasteiger partial charge in [-0.1, -0.05) is 24.4 Å². The van der Waals surface area contributed by atoms with E-state index in [1.807, 2.05) is 18.2 Å². The van der Waals surface area contributed by atoms with Crippen molar-refractivity contribution < 1.29 is 4.74 Å². The van der Waals surface area contributed by atoms with Crippen molar-refractivity contribution in [1.29, 1.82) is 0 Å². The molecular weight excluding hydrogens is 316 g/mol. The van der Waals surface area contributed by atoms with Crippen molar-refractivity contribution in [2.24, 2.45) is 0 Å². The van der Waals surface area contributed by atoms with Crippen LogP contribution < -0.4 is 0 Å². The Morgan fingerprint density at radius 2 is 2.11 bits per heavy atom. The predicted octanol–water partition coefficient (Wildman–Crippen LogP) is 3.65. The van der Waals surface area contributed by atoms with Gasteiger partial charge in [0.25, 0.3) is 0 Å². The molecular formula is C12H12N2OS4. The molecule has 0 bridgehead atoms. The van der Waals surface area contributed by atoms with Crippen molar-refractivity contribution in [3.63, 3.8) is 0 Å². The molecule has 100 valence electrons. The Morgan fingerprint density at radius 3 is 2.89 bits per heavy atom. The number of rotatable bonds is 2. The smallest absolute Gasteiger partial charge is 0.162 e. The molecule has 19 heavy (non-hydrogen) atoms. The molecule has 1 saturated heterocycles. The number of hydrogen-bond donors (Lipinski definition) is 0. The van der Waals surface area contributed by atoms with Crippen molar-refractivity contribution in [2.75, 3.05) is 26.3 Å². The van der Waals surface area contributed by atoms with E-state index in [-0.39, 0.29) is 0 Å². The summed E-state index contributed by atoms with van der Waals surface area (Å²) in [6.45, 7) is 3.33. The first kappa shape index (κ1) is 13.6. The fraction of sp³-hybridized carbons (Fsp3) is 0.333. The fourth-order valence-electron chi connectivity index (χ4n) is 1.76. The summed E-state index contributed by atoms with van der Waals surface area (Å²) >= 11 is 7.16. The molecule has 0 atom stereocenters. The minimum atomic E-state index is 0.770. The third-order valence-corrected chi connectivity index (χ3v) is 7.12. The fourth-order valence-corrected chi connectivity index (χ4v) is 5.38. The second kappa shape index (κ2) is 6.41. The van der Waals surface area contributed by atoms with E-state index in [1.165, 1.54) is 4.70 Å². The minimum Gasteiger partial charge on any atom is -0.378 e. The van der Waals surface area contributed by atoms with Crippen LogP contribution in [0.1, 0.15) is 0 Å².